The molecule has 0 amide bonds. The highest BCUT2D eigenvalue weighted by atomic mass is 13.9. The van der Waals surface area contributed by atoms with Crippen LogP contribution in [0.4, 0.5) is 0 Å². The molecule has 0 saturated heterocycles. The molecule has 0 spiro atoms. The first-order valence-electron chi connectivity index (χ1n) is 5.56. The van der Waals surface area contributed by atoms with Crippen molar-refractivity contribution in [2.45, 2.75) is 38.5 Å². The molecule has 0 aliphatic heterocycles. The lowest BCUT2D eigenvalue weighted by atomic mass is 10.1. The van der Waals surface area contributed by atoms with Gasteiger partial charge in [0.1, 0.15) is 0 Å². The molecule has 1 aliphatic rings. The van der Waals surface area contributed by atoms with E-state index < -0.39 is 0 Å². The molecule has 0 aromatic heterocycles. The zero-order valence-corrected chi connectivity index (χ0v) is 8.78. The molecular formula is C14H19. The molecule has 0 bridgehead atoms. The van der Waals surface area contributed by atoms with E-state index in [2.05, 4.69) is 30.4 Å². The van der Waals surface area contributed by atoms with Crippen molar-refractivity contribution in [1.29, 1.82) is 0 Å². The molecular weight excluding hydrogens is 168 g/mol. The Morgan fingerprint density at radius 1 is 0.714 bits per heavy atom. The van der Waals surface area contributed by atoms with E-state index in [0.29, 0.717) is 0 Å². The summed E-state index contributed by atoms with van der Waals surface area (Å²) in [6, 6.07) is 0. The Morgan fingerprint density at radius 3 is 2.21 bits per heavy atom. The third-order valence-electron chi connectivity index (χ3n) is 2.26. The van der Waals surface area contributed by atoms with E-state index in [9.17, 15) is 0 Å². The first kappa shape index (κ1) is 11.0. The maximum atomic E-state index is 3.10. The minimum atomic E-state index is 1.21. The fourth-order valence-corrected chi connectivity index (χ4v) is 1.44. The molecule has 0 heterocycles. The van der Waals surface area contributed by atoms with Crippen LogP contribution in [0.2, 0.25) is 0 Å². The highest BCUT2D eigenvalue weighted by molar-refractivity contribution is 5.11. The van der Waals surface area contributed by atoms with E-state index in [-0.39, 0.29) is 0 Å². The minimum Gasteiger partial charge on any atom is -0.0845 e. The summed E-state index contributed by atoms with van der Waals surface area (Å²) >= 11 is 0. The lowest BCUT2D eigenvalue weighted by Gasteiger charge is -1.96. The summed E-state index contributed by atoms with van der Waals surface area (Å²) in [6.45, 7) is 0. The van der Waals surface area contributed by atoms with Crippen LogP contribution in [0.25, 0.3) is 0 Å². The molecule has 0 nitrogen and oxygen atoms in total. The average Bonchev–Trinajstić information content (AvgIpc) is 2.22. The predicted molar refractivity (Wildman–Crippen MR) is 62.9 cm³/mol. The maximum Gasteiger partial charge on any atom is -0.0184 e. The van der Waals surface area contributed by atoms with Crippen molar-refractivity contribution in [3.8, 4) is 0 Å². The van der Waals surface area contributed by atoms with Crippen LogP contribution in [0.3, 0.4) is 0 Å². The van der Waals surface area contributed by atoms with E-state index in [4.69, 9.17) is 0 Å². The van der Waals surface area contributed by atoms with Crippen LogP contribution in [-0.2, 0) is 0 Å². The van der Waals surface area contributed by atoms with Crippen LogP contribution in [0.5, 0.6) is 0 Å². The van der Waals surface area contributed by atoms with Gasteiger partial charge in [-0.2, -0.15) is 0 Å². The van der Waals surface area contributed by atoms with Crippen molar-refractivity contribution >= 4 is 0 Å². The molecule has 0 fully saturated rings. The van der Waals surface area contributed by atoms with Crippen LogP contribution in [0.1, 0.15) is 38.5 Å². The molecule has 0 aromatic carbocycles. The summed E-state index contributed by atoms with van der Waals surface area (Å²) < 4.78 is 0. The Kier molecular flexibility index (Phi) is 6.74. The van der Waals surface area contributed by atoms with E-state index in [0.717, 1.165) is 0 Å². The van der Waals surface area contributed by atoms with Gasteiger partial charge in [0.05, 0.1) is 0 Å². The Labute approximate surface area is 87.7 Å². The van der Waals surface area contributed by atoms with Gasteiger partial charge in [0, 0.05) is 0 Å². The molecule has 1 radical (unpaired) electrons. The van der Waals surface area contributed by atoms with Gasteiger partial charge in [0.15, 0.2) is 0 Å². The Morgan fingerprint density at radius 2 is 1.43 bits per heavy atom. The summed E-state index contributed by atoms with van der Waals surface area (Å²) in [7, 11) is 0. The van der Waals surface area contributed by atoms with Gasteiger partial charge in [-0.3, -0.25) is 0 Å². The van der Waals surface area contributed by atoms with Gasteiger partial charge in [-0.25, -0.2) is 0 Å². The SMILES string of the molecule is [C]1=CC=CCCCCCCC=CC=C1. The van der Waals surface area contributed by atoms with Crippen LogP contribution in [0.15, 0.2) is 42.5 Å². The third-order valence-corrected chi connectivity index (χ3v) is 2.26. The first-order chi connectivity index (χ1) is 7.00. The average molecular weight is 187 g/mol. The predicted octanol–water partition coefficient (Wildman–Crippen LogP) is 4.37. The molecule has 75 valence electrons. The fourth-order valence-electron chi connectivity index (χ4n) is 1.44. The largest absolute Gasteiger partial charge is 0.0845 e. The van der Waals surface area contributed by atoms with Crippen LogP contribution in [-0.4, -0.2) is 0 Å². The minimum absolute atomic E-state index is 1.21. The highest BCUT2D eigenvalue weighted by Gasteiger charge is 1.87. The van der Waals surface area contributed by atoms with Gasteiger partial charge >= 0.3 is 0 Å². The summed E-state index contributed by atoms with van der Waals surface area (Å²) in [5.74, 6) is 0. The van der Waals surface area contributed by atoms with Gasteiger partial charge in [-0.05, 0) is 31.8 Å². The van der Waals surface area contributed by atoms with E-state index in [1.165, 1.54) is 38.5 Å². The molecule has 0 N–H and O–H groups in total. The van der Waals surface area contributed by atoms with E-state index in [1.54, 1.807) is 0 Å². The van der Waals surface area contributed by atoms with Crippen LogP contribution < -0.4 is 0 Å². The summed E-state index contributed by atoms with van der Waals surface area (Å²) in [5.41, 5.74) is 0. The van der Waals surface area contributed by atoms with Crippen molar-refractivity contribution in [2.75, 3.05) is 0 Å². The standard InChI is InChI=1S/C14H19/c1-2-4-6-8-10-12-14-13-11-9-7-5-3-1/h1-4,8,10,12H,5,7,9,11,13-14H2. The zero-order valence-electron chi connectivity index (χ0n) is 8.78. The third kappa shape index (κ3) is 6.47. The second-order valence-electron chi connectivity index (χ2n) is 3.54. The highest BCUT2D eigenvalue weighted by Crippen LogP contribution is 2.06. The van der Waals surface area contributed by atoms with Crippen molar-refractivity contribution in [3.05, 3.63) is 48.6 Å². The van der Waals surface area contributed by atoms with E-state index >= 15 is 0 Å². The van der Waals surface area contributed by atoms with Crippen molar-refractivity contribution in [3.63, 3.8) is 0 Å². The van der Waals surface area contributed by atoms with Gasteiger partial charge < -0.3 is 0 Å². The molecule has 0 saturated carbocycles. The summed E-state index contributed by atoms with van der Waals surface area (Å²) in [5, 5.41) is 0. The molecule has 14 heavy (non-hydrogen) atoms. The molecule has 0 aromatic rings. The zero-order chi connectivity index (χ0) is 9.90. The normalized spacial score (nSPS) is 19.4. The molecule has 0 heteroatoms. The second kappa shape index (κ2) is 8.55. The van der Waals surface area contributed by atoms with Crippen LogP contribution in [0, 0.1) is 6.08 Å². The summed E-state index contributed by atoms with van der Waals surface area (Å²) in [4.78, 5) is 0. The van der Waals surface area contributed by atoms with Crippen molar-refractivity contribution < 1.29 is 0 Å². The smallest absolute Gasteiger partial charge is 0.0184 e. The monoisotopic (exact) mass is 187 g/mol. The molecule has 1 aliphatic carbocycles. The summed E-state index contributed by atoms with van der Waals surface area (Å²) in [6.07, 6.45) is 25.5. The Balaban J connectivity index is 2.36. The topological polar surface area (TPSA) is 0 Å². The second-order valence-corrected chi connectivity index (χ2v) is 3.54. The lowest BCUT2D eigenvalue weighted by Crippen LogP contribution is -1.76. The van der Waals surface area contributed by atoms with Gasteiger partial charge in [-0.15, -0.1) is 0 Å². The first-order valence-corrected chi connectivity index (χ1v) is 5.56. The van der Waals surface area contributed by atoms with Crippen molar-refractivity contribution in [2.24, 2.45) is 0 Å². The number of hydrogen-bond donors (Lipinski definition) is 0. The molecule has 1 rings (SSSR count). The molecule has 0 unspecified atom stereocenters. The Hall–Kier alpha value is -1.04. The van der Waals surface area contributed by atoms with E-state index in [1.807, 2.05) is 18.2 Å². The van der Waals surface area contributed by atoms with Crippen LogP contribution >= 0.6 is 0 Å². The van der Waals surface area contributed by atoms with Crippen molar-refractivity contribution in [1.82, 2.24) is 0 Å². The number of allylic oxidation sites excluding steroid dienone is 8. The lowest BCUT2D eigenvalue weighted by molar-refractivity contribution is 0.652. The van der Waals surface area contributed by atoms with Gasteiger partial charge in [0.25, 0.3) is 0 Å². The van der Waals surface area contributed by atoms with Gasteiger partial charge in [0.2, 0.25) is 0 Å². The number of hydrogen-bond acceptors (Lipinski definition) is 0. The fraction of sp³-hybridized carbons (Fsp3) is 0.429. The Bertz CT molecular complexity index is 202. The molecule has 0 atom stereocenters. The van der Waals surface area contributed by atoms with Gasteiger partial charge in [-0.1, -0.05) is 55.4 Å². The maximum absolute atomic E-state index is 3.10. The number of rotatable bonds is 0. The quantitative estimate of drug-likeness (QED) is 0.528.